The molecule has 1 fully saturated rings. The lowest BCUT2D eigenvalue weighted by Gasteiger charge is -2.32. The van der Waals surface area contributed by atoms with Gasteiger partial charge in [-0.1, -0.05) is 17.7 Å². The number of piperidine rings is 1. The molecule has 3 rings (SSSR count). The minimum absolute atomic E-state index is 0.402. The van der Waals surface area contributed by atoms with E-state index in [2.05, 4.69) is 9.55 Å². The summed E-state index contributed by atoms with van der Waals surface area (Å²) in [6, 6.07) is 7.14. The lowest BCUT2D eigenvalue weighted by Crippen LogP contribution is -2.40. The van der Waals surface area contributed by atoms with Gasteiger partial charge in [0.05, 0.1) is 11.2 Å². The van der Waals surface area contributed by atoms with Crippen LogP contribution in [0.3, 0.4) is 0 Å². The fraction of sp³-hybridized carbons (Fsp3) is 0.500. The maximum Gasteiger partial charge on any atom is 0.243 e. The van der Waals surface area contributed by atoms with Crippen LogP contribution in [0.1, 0.15) is 30.5 Å². The minimum Gasteiger partial charge on any atom is -0.335 e. The van der Waals surface area contributed by atoms with E-state index in [4.69, 9.17) is 0 Å². The summed E-state index contributed by atoms with van der Waals surface area (Å²) in [5.74, 6) is 0.403. The van der Waals surface area contributed by atoms with Crippen LogP contribution in [0.25, 0.3) is 0 Å². The van der Waals surface area contributed by atoms with Crippen molar-refractivity contribution in [3.8, 4) is 0 Å². The first-order valence-electron chi connectivity index (χ1n) is 8.50. The Labute approximate surface area is 144 Å². The molecule has 24 heavy (non-hydrogen) atoms. The number of rotatable bonds is 5. The van der Waals surface area contributed by atoms with Crippen molar-refractivity contribution < 1.29 is 8.42 Å². The summed E-state index contributed by atoms with van der Waals surface area (Å²) in [5.41, 5.74) is 2.22. The fourth-order valence-corrected chi connectivity index (χ4v) is 4.84. The number of hydrogen-bond donors (Lipinski definition) is 0. The fourth-order valence-electron chi connectivity index (χ4n) is 3.28. The van der Waals surface area contributed by atoms with Crippen LogP contribution in [-0.2, 0) is 16.6 Å². The van der Waals surface area contributed by atoms with Crippen LogP contribution in [0.4, 0.5) is 0 Å². The Balaban J connectivity index is 1.66. The number of aryl methyl sites for hydroxylation is 3. The normalized spacial score (nSPS) is 19.5. The summed E-state index contributed by atoms with van der Waals surface area (Å²) >= 11 is 0. The second-order valence-electron chi connectivity index (χ2n) is 6.70. The van der Waals surface area contributed by atoms with Crippen molar-refractivity contribution in [2.75, 3.05) is 13.1 Å². The maximum absolute atomic E-state index is 12.8. The van der Waals surface area contributed by atoms with Crippen LogP contribution in [0.2, 0.25) is 0 Å². The summed E-state index contributed by atoms with van der Waals surface area (Å²) in [7, 11) is -3.38. The molecule has 0 unspecified atom stereocenters. The summed E-state index contributed by atoms with van der Waals surface area (Å²) < 4.78 is 29.5. The van der Waals surface area contributed by atoms with Crippen LogP contribution in [0.5, 0.6) is 0 Å². The molecule has 0 spiro atoms. The first-order chi connectivity index (χ1) is 11.5. The van der Waals surface area contributed by atoms with Gasteiger partial charge in [-0.3, -0.25) is 0 Å². The van der Waals surface area contributed by atoms with Gasteiger partial charge in [-0.15, -0.1) is 0 Å². The van der Waals surface area contributed by atoms with Gasteiger partial charge in [-0.05, 0) is 51.2 Å². The van der Waals surface area contributed by atoms with Gasteiger partial charge < -0.3 is 4.57 Å². The van der Waals surface area contributed by atoms with E-state index in [1.165, 1.54) is 0 Å². The molecule has 1 aromatic heterocycles. The quantitative estimate of drug-likeness (QED) is 0.835. The van der Waals surface area contributed by atoms with Gasteiger partial charge in [0, 0.05) is 31.5 Å². The summed E-state index contributed by atoms with van der Waals surface area (Å²) in [4.78, 5) is 4.55. The smallest absolute Gasteiger partial charge is 0.243 e. The summed E-state index contributed by atoms with van der Waals surface area (Å²) in [6.45, 7) is 6.14. The molecule has 2 aromatic rings. The van der Waals surface area contributed by atoms with E-state index < -0.39 is 10.0 Å². The Hall–Kier alpha value is -1.66. The van der Waals surface area contributed by atoms with Gasteiger partial charge >= 0.3 is 0 Å². The molecule has 0 amide bonds. The molecule has 0 aliphatic carbocycles. The molecule has 0 saturated carbocycles. The zero-order valence-corrected chi connectivity index (χ0v) is 15.2. The molecule has 5 nitrogen and oxygen atoms in total. The highest BCUT2D eigenvalue weighted by Gasteiger charge is 2.30. The zero-order valence-electron chi connectivity index (χ0n) is 14.4. The van der Waals surface area contributed by atoms with E-state index in [-0.39, 0.29) is 0 Å². The lowest BCUT2D eigenvalue weighted by atomic mass is 9.96. The molecule has 2 heterocycles. The van der Waals surface area contributed by atoms with Crippen LogP contribution in [0, 0.1) is 19.8 Å². The summed E-state index contributed by atoms with van der Waals surface area (Å²) in [5, 5.41) is 0. The number of sulfonamides is 1. The average Bonchev–Trinajstić information content (AvgIpc) is 2.99. The number of nitrogens with zero attached hydrogens (tertiary/aromatic N) is 3. The number of hydrogen-bond acceptors (Lipinski definition) is 3. The van der Waals surface area contributed by atoms with Crippen molar-refractivity contribution >= 4 is 10.0 Å². The standard InChI is InChI=1S/C18H25N3O2S/c1-15-5-7-18(8-6-15)24(22,23)21-10-3-4-17(13-21)9-11-20-14-19-12-16(20)2/h5-8,12,14,17H,3-4,9-11,13H2,1-2H3/t17-/m0/s1. The molecule has 0 N–H and O–H groups in total. The molecule has 0 bridgehead atoms. The van der Waals surface area contributed by atoms with Crippen molar-refractivity contribution in [3.63, 3.8) is 0 Å². The van der Waals surface area contributed by atoms with E-state index in [1.807, 2.05) is 38.5 Å². The molecular weight excluding hydrogens is 322 g/mol. The third-order valence-corrected chi connectivity index (χ3v) is 6.72. The van der Waals surface area contributed by atoms with Gasteiger partial charge in [0.15, 0.2) is 0 Å². The molecule has 130 valence electrons. The third-order valence-electron chi connectivity index (χ3n) is 4.84. The van der Waals surface area contributed by atoms with Crippen LogP contribution in [-0.4, -0.2) is 35.4 Å². The van der Waals surface area contributed by atoms with E-state index >= 15 is 0 Å². The monoisotopic (exact) mass is 347 g/mol. The van der Waals surface area contributed by atoms with E-state index in [0.717, 1.165) is 37.1 Å². The molecule has 1 aliphatic heterocycles. The first kappa shape index (κ1) is 17.2. The maximum atomic E-state index is 12.8. The van der Waals surface area contributed by atoms with Crippen molar-refractivity contribution in [1.82, 2.24) is 13.9 Å². The number of benzene rings is 1. The molecule has 1 aromatic carbocycles. The Morgan fingerprint density at radius 3 is 2.62 bits per heavy atom. The van der Waals surface area contributed by atoms with E-state index in [1.54, 1.807) is 16.4 Å². The highest BCUT2D eigenvalue weighted by molar-refractivity contribution is 7.89. The van der Waals surface area contributed by atoms with Crippen molar-refractivity contribution in [1.29, 1.82) is 0 Å². The lowest BCUT2D eigenvalue weighted by molar-refractivity contribution is 0.248. The summed E-state index contributed by atoms with van der Waals surface area (Å²) in [6.07, 6.45) is 6.71. The second-order valence-corrected chi connectivity index (χ2v) is 8.64. The van der Waals surface area contributed by atoms with Crippen LogP contribution in [0.15, 0.2) is 41.7 Å². The van der Waals surface area contributed by atoms with Crippen molar-refractivity contribution in [2.45, 2.75) is 44.6 Å². The van der Waals surface area contributed by atoms with Crippen LogP contribution >= 0.6 is 0 Å². The highest BCUT2D eigenvalue weighted by atomic mass is 32.2. The van der Waals surface area contributed by atoms with Gasteiger partial charge in [-0.2, -0.15) is 4.31 Å². The van der Waals surface area contributed by atoms with Crippen molar-refractivity contribution in [2.24, 2.45) is 5.92 Å². The molecule has 6 heteroatoms. The molecule has 1 saturated heterocycles. The third kappa shape index (κ3) is 3.70. The van der Waals surface area contributed by atoms with E-state index in [9.17, 15) is 8.42 Å². The Morgan fingerprint density at radius 1 is 1.21 bits per heavy atom. The Morgan fingerprint density at radius 2 is 1.96 bits per heavy atom. The van der Waals surface area contributed by atoms with Gasteiger partial charge in [0.25, 0.3) is 0 Å². The van der Waals surface area contributed by atoms with Gasteiger partial charge in [0.2, 0.25) is 10.0 Å². The Bertz CT molecular complexity index is 781. The number of imidazole rings is 1. The highest BCUT2D eigenvalue weighted by Crippen LogP contribution is 2.26. The van der Waals surface area contributed by atoms with Gasteiger partial charge in [-0.25, -0.2) is 13.4 Å². The first-order valence-corrected chi connectivity index (χ1v) is 9.94. The molecule has 1 atom stereocenters. The Kier molecular flexibility index (Phi) is 5.06. The molecular formula is C18H25N3O2S. The SMILES string of the molecule is Cc1ccc(S(=O)(=O)N2CCC[C@@H](CCn3cncc3C)C2)cc1. The zero-order chi connectivity index (χ0) is 17.2. The van der Waals surface area contributed by atoms with Crippen molar-refractivity contribution in [3.05, 3.63) is 48.0 Å². The molecule has 1 aliphatic rings. The van der Waals surface area contributed by atoms with Gasteiger partial charge in [0.1, 0.15) is 0 Å². The second kappa shape index (κ2) is 7.07. The predicted molar refractivity (Wildman–Crippen MR) is 94.2 cm³/mol. The average molecular weight is 347 g/mol. The number of aromatic nitrogens is 2. The minimum atomic E-state index is -3.38. The van der Waals surface area contributed by atoms with E-state index in [0.29, 0.717) is 23.9 Å². The molecule has 0 radical (unpaired) electrons. The van der Waals surface area contributed by atoms with Crippen LogP contribution < -0.4 is 0 Å². The predicted octanol–water partition coefficient (Wildman–Crippen LogP) is 2.99. The topological polar surface area (TPSA) is 55.2 Å². The largest absolute Gasteiger partial charge is 0.335 e.